The van der Waals surface area contributed by atoms with Crippen molar-refractivity contribution >= 4 is 21.6 Å². The largest absolute Gasteiger partial charge is 0.496 e. The first-order valence-electron chi connectivity index (χ1n) is 9.26. The number of hydrogen-bond acceptors (Lipinski definition) is 5. The van der Waals surface area contributed by atoms with Crippen molar-refractivity contribution in [3.8, 4) is 17.0 Å². The van der Waals surface area contributed by atoms with Gasteiger partial charge in [0.2, 0.25) is 0 Å². The molecule has 1 fully saturated rings. The van der Waals surface area contributed by atoms with Crippen LogP contribution in [0, 0.1) is 0 Å². The van der Waals surface area contributed by atoms with Gasteiger partial charge in [-0.2, -0.15) is 5.10 Å². The van der Waals surface area contributed by atoms with Gasteiger partial charge in [-0.1, -0.05) is 42.5 Å². The quantitative estimate of drug-likeness (QED) is 0.696. The van der Waals surface area contributed by atoms with Crippen LogP contribution >= 0.6 is 0 Å². The van der Waals surface area contributed by atoms with Gasteiger partial charge in [-0.25, -0.2) is 13.1 Å². The third kappa shape index (κ3) is 4.02. The molecule has 3 aromatic rings. The summed E-state index contributed by atoms with van der Waals surface area (Å²) in [6.45, 7) is 0. The fourth-order valence-corrected chi connectivity index (χ4v) is 5.19. The maximum atomic E-state index is 12.9. The van der Waals surface area contributed by atoms with E-state index in [0.717, 1.165) is 5.56 Å². The Morgan fingerprint density at radius 3 is 2.55 bits per heavy atom. The number of methoxy groups -OCH3 is 1. The number of aromatic nitrogens is 2. The van der Waals surface area contributed by atoms with Crippen LogP contribution in [0.15, 0.2) is 60.7 Å². The maximum Gasteiger partial charge on any atom is 0.260 e. The highest BCUT2D eigenvalue weighted by atomic mass is 32.2. The van der Waals surface area contributed by atoms with Crippen LogP contribution in [-0.4, -0.2) is 42.7 Å². The summed E-state index contributed by atoms with van der Waals surface area (Å²) in [6.07, 6.45) is 0.468. The van der Waals surface area contributed by atoms with Gasteiger partial charge in [-0.15, -0.1) is 0 Å². The van der Waals surface area contributed by atoms with Crippen molar-refractivity contribution in [3.63, 3.8) is 0 Å². The summed E-state index contributed by atoms with van der Waals surface area (Å²) in [4.78, 5) is 12.9. The van der Waals surface area contributed by atoms with Gasteiger partial charge in [-0.3, -0.25) is 4.79 Å². The Morgan fingerprint density at radius 2 is 1.86 bits per heavy atom. The minimum Gasteiger partial charge on any atom is -0.496 e. The highest BCUT2D eigenvalue weighted by Gasteiger charge is 2.32. The summed E-state index contributed by atoms with van der Waals surface area (Å²) >= 11 is 0. The maximum absolute atomic E-state index is 12.9. The first-order valence-corrected chi connectivity index (χ1v) is 11.1. The van der Waals surface area contributed by atoms with Crippen LogP contribution in [0.5, 0.6) is 5.75 Å². The molecule has 1 N–H and O–H groups in total. The average Bonchev–Trinajstić information content (AvgIpc) is 3.31. The van der Waals surface area contributed by atoms with Crippen LogP contribution in [0.4, 0.5) is 5.82 Å². The van der Waals surface area contributed by atoms with Crippen LogP contribution in [0.2, 0.25) is 0 Å². The summed E-state index contributed by atoms with van der Waals surface area (Å²) < 4.78 is 30.9. The van der Waals surface area contributed by atoms with Crippen LogP contribution in [0.25, 0.3) is 11.3 Å². The highest BCUT2D eigenvalue weighted by Crippen LogP contribution is 2.31. The Bertz CT molecular complexity index is 1140. The fourth-order valence-electron chi connectivity index (χ4n) is 3.50. The second kappa shape index (κ2) is 7.71. The molecular weight excluding hydrogens is 390 g/mol. The van der Waals surface area contributed by atoms with E-state index in [1.165, 1.54) is 7.11 Å². The monoisotopic (exact) mass is 411 g/mol. The Labute approximate surface area is 169 Å². The van der Waals surface area contributed by atoms with E-state index in [-0.39, 0.29) is 23.5 Å². The number of nitrogens with one attached hydrogen (secondary N) is 1. The molecule has 0 spiro atoms. The molecule has 2 heterocycles. The molecule has 1 saturated heterocycles. The van der Waals surface area contributed by atoms with Crippen molar-refractivity contribution in [1.29, 1.82) is 0 Å². The Morgan fingerprint density at radius 1 is 1.14 bits per heavy atom. The Kier molecular flexibility index (Phi) is 5.10. The molecular formula is C21H21N3O4S. The number of nitrogens with zero attached hydrogens (tertiary/aromatic N) is 2. The van der Waals surface area contributed by atoms with E-state index in [2.05, 4.69) is 10.4 Å². The molecule has 29 heavy (non-hydrogen) atoms. The number of ether oxygens (including phenoxy) is 1. The third-order valence-electron chi connectivity index (χ3n) is 4.95. The van der Waals surface area contributed by atoms with Gasteiger partial charge in [-0.05, 0) is 18.6 Å². The summed E-state index contributed by atoms with van der Waals surface area (Å²) in [6, 6.07) is 18.0. The van der Waals surface area contributed by atoms with E-state index in [9.17, 15) is 13.2 Å². The van der Waals surface area contributed by atoms with E-state index in [4.69, 9.17) is 4.74 Å². The number of amides is 1. The number of para-hydroxylation sites is 1. The number of anilines is 1. The van der Waals surface area contributed by atoms with Crippen molar-refractivity contribution in [3.05, 3.63) is 66.2 Å². The molecule has 2 aromatic carbocycles. The van der Waals surface area contributed by atoms with Crippen LogP contribution < -0.4 is 10.1 Å². The lowest BCUT2D eigenvalue weighted by Crippen LogP contribution is -2.20. The lowest BCUT2D eigenvalue weighted by Gasteiger charge is -2.14. The molecule has 1 amide bonds. The molecule has 4 rings (SSSR count). The molecule has 1 aromatic heterocycles. The number of carbonyl (C=O) groups is 1. The standard InChI is InChI=1S/C21H21N3O4S/c1-28-19-10-6-5-9-17(19)21(25)22-20-13-18(15-7-3-2-4-8-15)23-24(20)16-11-12-29(26,27)14-16/h2-10,13,16H,11-12,14H2,1H3,(H,22,25)/t16-/m1/s1. The predicted molar refractivity (Wildman–Crippen MR) is 111 cm³/mol. The Hall–Kier alpha value is -3.13. The summed E-state index contributed by atoms with van der Waals surface area (Å²) in [5, 5.41) is 7.51. The lowest BCUT2D eigenvalue weighted by atomic mass is 10.1. The number of sulfone groups is 1. The van der Waals surface area contributed by atoms with Gasteiger partial charge in [0.15, 0.2) is 9.84 Å². The molecule has 1 atom stereocenters. The van der Waals surface area contributed by atoms with Gasteiger partial charge in [0.05, 0.1) is 35.9 Å². The topological polar surface area (TPSA) is 90.3 Å². The second-order valence-corrected chi connectivity index (χ2v) is 9.17. The zero-order valence-electron chi connectivity index (χ0n) is 15.9. The molecule has 0 aliphatic carbocycles. The van der Waals surface area contributed by atoms with Crippen LogP contribution in [0.1, 0.15) is 22.8 Å². The molecule has 8 heteroatoms. The van der Waals surface area contributed by atoms with Crippen LogP contribution in [-0.2, 0) is 9.84 Å². The number of hydrogen-bond donors (Lipinski definition) is 1. The SMILES string of the molecule is COc1ccccc1C(=O)Nc1cc(-c2ccccc2)nn1[C@@H]1CCS(=O)(=O)C1. The van der Waals surface area contributed by atoms with Gasteiger partial charge in [0, 0.05) is 11.6 Å². The van der Waals surface area contributed by atoms with Crippen molar-refractivity contribution in [2.24, 2.45) is 0 Å². The number of rotatable bonds is 5. The van der Waals surface area contributed by atoms with E-state index in [1.807, 2.05) is 30.3 Å². The second-order valence-electron chi connectivity index (χ2n) is 6.94. The Balaban J connectivity index is 1.71. The van der Waals surface area contributed by atoms with Gasteiger partial charge in [0.25, 0.3) is 5.91 Å². The van der Waals surface area contributed by atoms with E-state index >= 15 is 0 Å². The van der Waals surface area contributed by atoms with Gasteiger partial charge >= 0.3 is 0 Å². The smallest absolute Gasteiger partial charge is 0.260 e. The average molecular weight is 411 g/mol. The number of benzene rings is 2. The molecule has 1 aliphatic rings. The first-order chi connectivity index (χ1) is 14.0. The summed E-state index contributed by atoms with van der Waals surface area (Å²) in [5.74, 6) is 0.715. The molecule has 0 bridgehead atoms. The first kappa shape index (κ1) is 19.2. The van der Waals surface area contributed by atoms with Crippen molar-refractivity contribution in [2.45, 2.75) is 12.5 Å². The number of carbonyl (C=O) groups excluding carboxylic acids is 1. The molecule has 0 radical (unpaired) electrons. The molecule has 7 nitrogen and oxygen atoms in total. The van der Waals surface area contributed by atoms with Crippen molar-refractivity contribution in [2.75, 3.05) is 23.9 Å². The minimum absolute atomic E-state index is 0.0143. The normalized spacial score (nSPS) is 17.8. The van der Waals surface area contributed by atoms with E-state index in [0.29, 0.717) is 29.2 Å². The zero-order valence-corrected chi connectivity index (χ0v) is 16.7. The van der Waals surface area contributed by atoms with Crippen molar-refractivity contribution < 1.29 is 17.9 Å². The molecule has 0 saturated carbocycles. The predicted octanol–water partition coefficient (Wildman–Crippen LogP) is 3.17. The van der Waals surface area contributed by atoms with E-state index < -0.39 is 9.84 Å². The van der Waals surface area contributed by atoms with E-state index in [1.54, 1.807) is 35.0 Å². The minimum atomic E-state index is -3.10. The fraction of sp³-hybridized carbons (Fsp3) is 0.238. The lowest BCUT2D eigenvalue weighted by molar-refractivity contribution is 0.102. The highest BCUT2D eigenvalue weighted by molar-refractivity contribution is 7.91. The summed E-state index contributed by atoms with van der Waals surface area (Å²) in [7, 11) is -1.59. The zero-order chi connectivity index (χ0) is 20.4. The van der Waals surface area contributed by atoms with Gasteiger partial charge in [0.1, 0.15) is 11.6 Å². The van der Waals surface area contributed by atoms with Crippen LogP contribution in [0.3, 0.4) is 0 Å². The molecule has 150 valence electrons. The van der Waals surface area contributed by atoms with Gasteiger partial charge < -0.3 is 10.1 Å². The van der Waals surface area contributed by atoms with Crippen molar-refractivity contribution in [1.82, 2.24) is 9.78 Å². The third-order valence-corrected chi connectivity index (χ3v) is 6.70. The molecule has 0 unspecified atom stereocenters. The summed E-state index contributed by atoms with van der Waals surface area (Å²) in [5.41, 5.74) is 1.95. The molecule has 1 aliphatic heterocycles.